The fourth-order valence-electron chi connectivity index (χ4n) is 2.19. The van der Waals surface area contributed by atoms with E-state index in [0.717, 1.165) is 0 Å². The minimum Gasteiger partial charge on any atom is -0.483 e. The zero-order valence-electron chi connectivity index (χ0n) is 11.1. The van der Waals surface area contributed by atoms with Crippen LogP contribution in [0, 0.1) is 0 Å². The number of hydrogen-bond donors (Lipinski definition) is 5. The topological polar surface area (TPSA) is 150 Å². The van der Waals surface area contributed by atoms with Gasteiger partial charge in [0.25, 0.3) is 18.3 Å². The highest BCUT2D eigenvalue weighted by atomic mass is 79.9. The van der Waals surface area contributed by atoms with Crippen molar-refractivity contribution in [1.29, 1.82) is 0 Å². The minimum atomic E-state index is -0.342. The molecule has 0 saturated carbocycles. The van der Waals surface area contributed by atoms with Gasteiger partial charge in [0.05, 0.1) is 4.60 Å². The molecule has 0 radical (unpaired) electrons. The van der Waals surface area contributed by atoms with Gasteiger partial charge in [-0.2, -0.15) is 0 Å². The molecule has 9 nitrogen and oxygen atoms in total. The molecule has 1 aromatic heterocycles. The molecule has 0 aromatic carbocycles. The fraction of sp³-hybridized carbons (Fsp3) is 0.167. The fourth-order valence-corrected chi connectivity index (χ4v) is 2.62. The molecule has 2 aliphatic rings. The maximum atomic E-state index is 11.9. The standard InChI is InChI=1S/C11H10BrN5O2.CH2O2/c12-6-3-5-4(7-10(19)17-11(13)16-7)1-2-14-9(18)8(5)15-6;2-1-3/h3,15H,1-2H2,(H,14,18)(H3,13,16,17,19);1H,(H,2,3)/b7-4-;. The number of H-pyrrole nitrogens is 1. The van der Waals surface area contributed by atoms with Gasteiger partial charge in [0.2, 0.25) is 5.96 Å². The largest absolute Gasteiger partial charge is 0.483 e. The van der Waals surface area contributed by atoms with Crippen LogP contribution in [0.4, 0.5) is 0 Å². The van der Waals surface area contributed by atoms with Crippen molar-refractivity contribution in [3.05, 3.63) is 27.6 Å². The Bertz CT molecular complexity index is 706. The van der Waals surface area contributed by atoms with E-state index in [1.54, 1.807) is 6.07 Å². The number of amides is 2. The summed E-state index contributed by atoms with van der Waals surface area (Å²) in [6.07, 6.45) is 0.516. The quantitative estimate of drug-likeness (QED) is 0.316. The van der Waals surface area contributed by atoms with Crippen LogP contribution in [0.15, 0.2) is 21.4 Å². The van der Waals surface area contributed by atoms with Crippen LogP contribution in [0.3, 0.4) is 0 Å². The Morgan fingerprint density at radius 3 is 2.64 bits per heavy atom. The number of hydrogen-bond acceptors (Lipinski definition) is 5. The molecule has 116 valence electrons. The summed E-state index contributed by atoms with van der Waals surface area (Å²) in [5, 5.41) is 12.1. The number of nitrogens with one attached hydrogen (secondary N) is 3. The van der Waals surface area contributed by atoms with Crippen LogP contribution in [0.2, 0.25) is 0 Å². The molecule has 22 heavy (non-hydrogen) atoms. The second-order valence-electron chi connectivity index (χ2n) is 4.30. The molecule has 3 rings (SSSR count). The van der Waals surface area contributed by atoms with Gasteiger partial charge < -0.3 is 21.1 Å². The lowest BCUT2D eigenvalue weighted by Crippen LogP contribution is -2.30. The van der Waals surface area contributed by atoms with Crippen LogP contribution in [0.1, 0.15) is 22.5 Å². The number of halogens is 1. The van der Waals surface area contributed by atoms with Crippen molar-refractivity contribution in [2.24, 2.45) is 10.7 Å². The first kappa shape index (κ1) is 15.8. The molecular formula is C12H12BrN5O4. The number of nitrogens with two attached hydrogens (primary N) is 1. The molecular weight excluding hydrogens is 358 g/mol. The van der Waals surface area contributed by atoms with Gasteiger partial charge in [-0.25, -0.2) is 4.99 Å². The zero-order chi connectivity index (χ0) is 16.3. The Hall–Kier alpha value is -2.62. The summed E-state index contributed by atoms with van der Waals surface area (Å²) >= 11 is 3.29. The van der Waals surface area contributed by atoms with Gasteiger partial charge in [-0.05, 0) is 34.0 Å². The molecule has 3 heterocycles. The summed E-state index contributed by atoms with van der Waals surface area (Å²) in [7, 11) is 0. The molecule has 0 fully saturated rings. The molecule has 6 N–H and O–H groups in total. The van der Waals surface area contributed by atoms with E-state index in [1.165, 1.54) is 0 Å². The Morgan fingerprint density at radius 2 is 2.05 bits per heavy atom. The van der Waals surface area contributed by atoms with Crippen molar-refractivity contribution in [3.63, 3.8) is 0 Å². The van der Waals surface area contributed by atoms with Crippen LogP contribution < -0.4 is 16.4 Å². The zero-order valence-corrected chi connectivity index (χ0v) is 12.7. The van der Waals surface area contributed by atoms with Crippen molar-refractivity contribution in [3.8, 4) is 0 Å². The second-order valence-corrected chi connectivity index (χ2v) is 5.15. The lowest BCUT2D eigenvalue weighted by molar-refractivity contribution is -0.123. The van der Waals surface area contributed by atoms with E-state index >= 15 is 0 Å². The minimum absolute atomic E-state index is 0.0761. The van der Waals surface area contributed by atoms with E-state index in [0.29, 0.717) is 34.4 Å². The highest BCUT2D eigenvalue weighted by Crippen LogP contribution is 2.31. The van der Waals surface area contributed by atoms with Crippen LogP contribution in [0.25, 0.3) is 5.57 Å². The van der Waals surface area contributed by atoms with Crippen molar-refractivity contribution in [1.82, 2.24) is 15.6 Å². The van der Waals surface area contributed by atoms with Crippen LogP contribution in [-0.4, -0.2) is 40.9 Å². The summed E-state index contributed by atoms with van der Waals surface area (Å²) in [5.41, 5.74) is 7.55. The third-order valence-corrected chi connectivity index (χ3v) is 3.40. The third kappa shape index (κ3) is 3.01. The molecule has 0 aliphatic carbocycles. The number of aliphatic imine (C=N–C) groups is 1. The first-order valence-electron chi connectivity index (χ1n) is 6.11. The smallest absolute Gasteiger partial charge is 0.290 e. The first-order chi connectivity index (χ1) is 10.5. The van der Waals surface area contributed by atoms with Crippen molar-refractivity contribution < 1.29 is 19.5 Å². The second kappa shape index (κ2) is 6.43. The average Bonchev–Trinajstić information content (AvgIpc) is 2.94. The van der Waals surface area contributed by atoms with Crippen molar-refractivity contribution in [2.45, 2.75) is 6.42 Å². The highest BCUT2D eigenvalue weighted by Gasteiger charge is 2.28. The molecule has 0 saturated heterocycles. The maximum absolute atomic E-state index is 11.9. The van der Waals surface area contributed by atoms with E-state index in [9.17, 15) is 9.59 Å². The average molecular weight is 370 g/mol. The van der Waals surface area contributed by atoms with E-state index in [4.69, 9.17) is 15.6 Å². The Morgan fingerprint density at radius 1 is 1.36 bits per heavy atom. The summed E-state index contributed by atoms with van der Waals surface area (Å²) in [4.78, 5) is 39.0. The first-order valence-corrected chi connectivity index (χ1v) is 6.90. The van der Waals surface area contributed by atoms with E-state index in [1.807, 2.05) is 0 Å². The molecule has 10 heteroatoms. The molecule has 2 aliphatic heterocycles. The maximum Gasteiger partial charge on any atom is 0.290 e. The van der Waals surface area contributed by atoms with Gasteiger partial charge in [-0.15, -0.1) is 0 Å². The summed E-state index contributed by atoms with van der Waals surface area (Å²) in [6.45, 7) is 0.195. The Labute approximate surface area is 132 Å². The molecule has 0 spiro atoms. The van der Waals surface area contributed by atoms with E-state index in [2.05, 4.69) is 36.5 Å². The highest BCUT2D eigenvalue weighted by molar-refractivity contribution is 9.10. The molecule has 1 aromatic rings. The molecule has 0 atom stereocenters. The van der Waals surface area contributed by atoms with Gasteiger partial charge >= 0.3 is 0 Å². The number of carbonyl (C=O) groups excluding carboxylic acids is 2. The number of aromatic amines is 1. The van der Waals surface area contributed by atoms with E-state index < -0.39 is 0 Å². The SMILES string of the molecule is NC1=N/C(=C2/CCNC(=O)c3[nH]c(Br)cc32)C(=O)N1.O=CO. The monoisotopic (exact) mass is 369 g/mol. The normalized spacial score (nSPS) is 20.0. The molecule has 2 amide bonds. The van der Waals surface area contributed by atoms with Crippen molar-refractivity contribution in [2.75, 3.05) is 6.54 Å². The van der Waals surface area contributed by atoms with E-state index in [-0.39, 0.29) is 29.9 Å². The predicted octanol–water partition coefficient (Wildman–Crippen LogP) is -0.233. The van der Waals surface area contributed by atoms with Gasteiger partial charge in [-0.1, -0.05) is 0 Å². The summed E-state index contributed by atoms with van der Waals surface area (Å²) in [5.74, 6) is -0.469. The summed E-state index contributed by atoms with van der Waals surface area (Å²) < 4.78 is 0.669. The number of aromatic nitrogens is 1. The number of fused-ring (bicyclic) bond motifs is 1. The number of rotatable bonds is 0. The predicted molar refractivity (Wildman–Crippen MR) is 80.8 cm³/mol. The number of nitrogens with zero attached hydrogens (tertiary/aromatic N) is 1. The number of carboxylic acid groups (broad SMARTS) is 1. The van der Waals surface area contributed by atoms with Gasteiger partial charge in [0, 0.05) is 12.1 Å². The van der Waals surface area contributed by atoms with Gasteiger partial charge in [-0.3, -0.25) is 19.7 Å². The van der Waals surface area contributed by atoms with Gasteiger partial charge in [0.1, 0.15) is 11.4 Å². The van der Waals surface area contributed by atoms with Crippen LogP contribution in [-0.2, 0) is 9.59 Å². The molecule has 0 unspecified atom stereocenters. The van der Waals surface area contributed by atoms with Crippen molar-refractivity contribution >= 4 is 45.7 Å². The summed E-state index contributed by atoms with van der Waals surface area (Å²) in [6, 6.07) is 1.76. The number of guanidine groups is 1. The van der Waals surface area contributed by atoms with Gasteiger partial charge in [0.15, 0.2) is 0 Å². The van der Waals surface area contributed by atoms with Crippen LogP contribution in [0.5, 0.6) is 0 Å². The third-order valence-electron chi connectivity index (χ3n) is 2.97. The van der Waals surface area contributed by atoms with Crippen LogP contribution >= 0.6 is 15.9 Å². The Balaban J connectivity index is 0.000000545. The molecule has 0 bridgehead atoms. The number of carbonyl (C=O) groups is 3. The Kier molecular flexibility index (Phi) is 4.61. The lowest BCUT2D eigenvalue weighted by Gasteiger charge is -2.04. The lowest BCUT2D eigenvalue weighted by atomic mass is 10.0.